The first-order valence-electron chi connectivity index (χ1n) is 16.8. The molecule has 7 rings (SSSR count). The summed E-state index contributed by atoms with van der Waals surface area (Å²) in [6, 6.07) is 52.1. The lowest BCUT2D eigenvalue weighted by Crippen LogP contribution is -2.21. The van der Waals surface area contributed by atoms with Gasteiger partial charge in [0.05, 0.1) is 0 Å². The lowest BCUT2D eigenvalue weighted by molar-refractivity contribution is 0.431. The van der Waals surface area contributed by atoms with Crippen LogP contribution >= 0.6 is 0 Å². The van der Waals surface area contributed by atoms with Crippen LogP contribution in [0.4, 0.5) is 11.4 Å². The first-order valence-corrected chi connectivity index (χ1v) is 16.8. The highest BCUT2D eigenvalue weighted by Gasteiger charge is 2.31. The summed E-state index contributed by atoms with van der Waals surface area (Å²) in [5.41, 5.74) is 11.8. The van der Waals surface area contributed by atoms with Gasteiger partial charge in [0, 0.05) is 24.3 Å². The Hall–Kier alpha value is -5.14. The van der Waals surface area contributed by atoms with Crippen LogP contribution in [-0.2, 0) is 0 Å². The molecule has 1 heteroatoms. The molecule has 0 bridgehead atoms. The number of hydrogen-bond acceptors (Lipinski definition) is 1. The molecule has 1 aliphatic carbocycles. The highest BCUT2D eigenvalue weighted by atomic mass is 15.1. The van der Waals surface area contributed by atoms with Crippen LogP contribution in [0.25, 0.3) is 27.5 Å². The zero-order valence-corrected chi connectivity index (χ0v) is 28.3. The minimum atomic E-state index is 0.340. The predicted octanol–water partition coefficient (Wildman–Crippen LogP) is 12.6. The van der Waals surface area contributed by atoms with E-state index in [0.717, 1.165) is 0 Å². The van der Waals surface area contributed by atoms with Crippen LogP contribution in [0.2, 0.25) is 0 Å². The number of anilines is 2. The van der Waals surface area contributed by atoms with E-state index in [1.807, 2.05) is 6.07 Å². The highest BCUT2D eigenvalue weighted by Crippen LogP contribution is 2.46. The topological polar surface area (TPSA) is 3.24 Å². The number of allylic oxidation sites excluding steroid dienone is 4. The van der Waals surface area contributed by atoms with E-state index in [4.69, 9.17) is 0 Å². The molecule has 0 saturated heterocycles. The Morgan fingerprint density at radius 3 is 1.72 bits per heavy atom. The van der Waals surface area contributed by atoms with E-state index in [0.29, 0.717) is 17.8 Å². The average Bonchev–Trinajstić information content (AvgIpc) is 3.12. The number of benzene rings is 6. The molecular formula is C46H45N. The third-order valence-corrected chi connectivity index (χ3v) is 9.46. The van der Waals surface area contributed by atoms with Crippen molar-refractivity contribution in [2.24, 2.45) is 11.8 Å². The van der Waals surface area contributed by atoms with Crippen LogP contribution in [0.5, 0.6) is 0 Å². The zero-order chi connectivity index (χ0) is 32.8. The summed E-state index contributed by atoms with van der Waals surface area (Å²) in [4.78, 5) is 2.24. The standard InChI is InChI=1S/C33H33N.C13H12/c1-23(2)30-15-10-16-31(33(30)32-22-27-12-9-8-11-26(27)21-24(32)3)25-17-19-29(20-18-25)34(4)28-13-6-5-7-14-28;1-11-7-9-13(10-8-11)12-5-3-2-4-6-12/h5-23,30,33H,1-4H3;2-10H,1H3. The van der Waals surface area contributed by atoms with Gasteiger partial charge in [-0.05, 0) is 94.1 Å². The molecule has 0 radical (unpaired) electrons. The Kier molecular flexibility index (Phi) is 9.83. The Morgan fingerprint density at radius 1 is 0.553 bits per heavy atom. The number of hydrogen-bond donors (Lipinski definition) is 0. The second-order valence-electron chi connectivity index (χ2n) is 13.0. The molecule has 0 spiro atoms. The van der Waals surface area contributed by atoms with Gasteiger partial charge in [-0.15, -0.1) is 0 Å². The van der Waals surface area contributed by atoms with E-state index < -0.39 is 0 Å². The van der Waals surface area contributed by atoms with Crippen LogP contribution in [0.3, 0.4) is 0 Å². The number of aryl methyl sites for hydroxylation is 2. The molecule has 6 aromatic rings. The Morgan fingerprint density at radius 2 is 1.09 bits per heavy atom. The average molecular weight is 612 g/mol. The molecule has 0 aliphatic heterocycles. The highest BCUT2D eigenvalue weighted by molar-refractivity contribution is 5.86. The van der Waals surface area contributed by atoms with Crippen molar-refractivity contribution in [3.63, 3.8) is 0 Å². The van der Waals surface area contributed by atoms with Gasteiger partial charge >= 0.3 is 0 Å². The first-order chi connectivity index (χ1) is 22.9. The van der Waals surface area contributed by atoms with Gasteiger partial charge in [-0.3, -0.25) is 0 Å². The molecule has 47 heavy (non-hydrogen) atoms. The minimum Gasteiger partial charge on any atom is -0.345 e. The summed E-state index contributed by atoms with van der Waals surface area (Å²) < 4.78 is 0. The van der Waals surface area contributed by atoms with Gasteiger partial charge in [0.1, 0.15) is 0 Å². The molecule has 234 valence electrons. The van der Waals surface area contributed by atoms with Gasteiger partial charge in [-0.2, -0.15) is 0 Å². The lowest BCUT2D eigenvalue weighted by atomic mass is 9.70. The quantitative estimate of drug-likeness (QED) is 0.181. The van der Waals surface area contributed by atoms with Gasteiger partial charge in [-0.1, -0.05) is 159 Å². The predicted molar refractivity (Wildman–Crippen MR) is 204 cm³/mol. The second kappa shape index (κ2) is 14.5. The first kappa shape index (κ1) is 31.8. The molecule has 1 aliphatic rings. The van der Waals surface area contributed by atoms with Crippen LogP contribution in [0, 0.1) is 25.7 Å². The summed E-state index contributed by atoms with van der Waals surface area (Å²) in [5.74, 6) is 1.36. The van der Waals surface area contributed by atoms with Crippen molar-refractivity contribution in [2.75, 3.05) is 11.9 Å². The SMILES string of the molecule is Cc1cc2ccccc2cc1C1C(c2ccc(N(C)c3ccccc3)cc2)=CC=CC1C(C)C.Cc1ccc(-c2ccccc2)cc1. The Balaban J connectivity index is 0.000000248. The van der Waals surface area contributed by atoms with Gasteiger partial charge in [0.2, 0.25) is 0 Å². The lowest BCUT2D eigenvalue weighted by Gasteiger charge is -2.34. The van der Waals surface area contributed by atoms with Gasteiger partial charge in [0.15, 0.2) is 0 Å². The zero-order valence-electron chi connectivity index (χ0n) is 28.3. The van der Waals surface area contributed by atoms with Crippen LogP contribution in [0.15, 0.2) is 164 Å². The number of rotatable bonds is 6. The van der Waals surface area contributed by atoms with Crippen LogP contribution in [-0.4, -0.2) is 7.05 Å². The fraction of sp³-hybridized carbons (Fsp3) is 0.174. The summed E-state index contributed by atoms with van der Waals surface area (Å²) in [6.07, 6.45) is 7.00. The van der Waals surface area contributed by atoms with Crippen LogP contribution < -0.4 is 4.90 Å². The van der Waals surface area contributed by atoms with E-state index in [1.165, 1.54) is 61.1 Å². The largest absolute Gasteiger partial charge is 0.345 e. The van der Waals surface area contributed by atoms with E-state index in [-0.39, 0.29) is 0 Å². The molecule has 0 amide bonds. The molecular weight excluding hydrogens is 567 g/mol. The fourth-order valence-electron chi connectivity index (χ4n) is 6.73. The Bertz CT molecular complexity index is 1960. The van der Waals surface area contributed by atoms with Crippen LogP contribution in [0.1, 0.15) is 42.0 Å². The van der Waals surface area contributed by atoms with Crippen molar-refractivity contribution < 1.29 is 0 Å². The summed E-state index contributed by atoms with van der Waals surface area (Å²) >= 11 is 0. The molecule has 0 N–H and O–H groups in total. The van der Waals surface area contributed by atoms with E-state index in [2.05, 4.69) is 197 Å². The van der Waals surface area contributed by atoms with Crippen molar-refractivity contribution in [2.45, 2.75) is 33.6 Å². The van der Waals surface area contributed by atoms with Crippen molar-refractivity contribution in [1.29, 1.82) is 0 Å². The maximum absolute atomic E-state index is 2.43. The molecule has 0 aromatic heterocycles. The number of fused-ring (bicyclic) bond motifs is 1. The maximum atomic E-state index is 2.43. The van der Waals surface area contributed by atoms with Crippen molar-refractivity contribution in [1.82, 2.24) is 0 Å². The monoisotopic (exact) mass is 611 g/mol. The summed E-state index contributed by atoms with van der Waals surface area (Å²) in [7, 11) is 2.13. The van der Waals surface area contributed by atoms with Gasteiger partial charge in [-0.25, -0.2) is 0 Å². The van der Waals surface area contributed by atoms with E-state index in [1.54, 1.807) is 0 Å². The summed E-state index contributed by atoms with van der Waals surface area (Å²) in [5, 5.41) is 2.63. The van der Waals surface area contributed by atoms with Gasteiger partial charge < -0.3 is 4.90 Å². The van der Waals surface area contributed by atoms with Crippen molar-refractivity contribution >= 4 is 27.7 Å². The molecule has 0 saturated carbocycles. The second-order valence-corrected chi connectivity index (χ2v) is 13.0. The van der Waals surface area contributed by atoms with E-state index in [9.17, 15) is 0 Å². The number of nitrogens with zero attached hydrogens (tertiary/aromatic N) is 1. The normalized spacial score (nSPS) is 15.6. The third-order valence-electron chi connectivity index (χ3n) is 9.46. The third kappa shape index (κ3) is 7.31. The Labute approximate surface area is 281 Å². The van der Waals surface area contributed by atoms with Crippen molar-refractivity contribution in [3.8, 4) is 11.1 Å². The fourth-order valence-corrected chi connectivity index (χ4v) is 6.73. The molecule has 2 unspecified atom stereocenters. The molecule has 6 aromatic carbocycles. The van der Waals surface area contributed by atoms with Gasteiger partial charge in [0.25, 0.3) is 0 Å². The van der Waals surface area contributed by atoms with E-state index >= 15 is 0 Å². The summed E-state index contributed by atoms with van der Waals surface area (Å²) in [6.45, 7) is 9.07. The molecule has 0 heterocycles. The molecule has 0 fully saturated rings. The smallest absolute Gasteiger partial charge is 0.0408 e. The number of para-hydroxylation sites is 1. The molecule has 1 nitrogen and oxygen atoms in total. The minimum absolute atomic E-state index is 0.340. The maximum Gasteiger partial charge on any atom is 0.0408 e. The molecule has 2 atom stereocenters. The van der Waals surface area contributed by atoms with Crippen molar-refractivity contribution in [3.05, 3.63) is 186 Å².